The van der Waals surface area contributed by atoms with Crippen LogP contribution >= 0.6 is 23.5 Å². The maximum absolute atomic E-state index is 12.2. The molecule has 0 aromatic heterocycles. The van der Waals surface area contributed by atoms with Crippen LogP contribution in [0.2, 0.25) is 0 Å². The van der Waals surface area contributed by atoms with Crippen molar-refractivity contribution in [3.63, 3.8) is 0 Å². The summed E-state index contributed by atoms with van der Waals surface area (Å²) in [6, 6.07) is 22.5. The van der Waals surface area contributed by atoms with Gasteiger partial charge in [-0.15, -0.1) is 11.8 Å². The minimum absolute atomic E-state index is 0.497. The predicted molar refractivity (Wildman–Crippen MR) is 140 cm³/mol. The van der Waals surface area contributed by atoms with Gasteiger partial charge in [-0.25, -0.2) is 26.5 Å². The van der Waals surface area contributed by atoms with Crippen LogP contribution in [0.4, 0.5) is 16.2 Å². The molecule has 3 aromatic rings. The van der Waals surface area contributed by atoms with E-state index in [0.717, 1.165) is 42.7 Å². The third-order valence-electron chi connectivity index (χ3n) is 4.70. The number of thioether (sulfide) groups is 2. The maximum Gasteiger partial charge on any atom is 0.352 e. The van der Waals surface area contributed by atoms with Gasteiger partial charge in [0.1, 0.15) is 15.9 Å². The number of para-hydroxylation sites is 1. The molecular formula is C24H27N5O2S2. The summed E-state index contributed by atoms with van der Waals surface area (Å²) >= 11 is 3.15. The molecule has 3 rings (SSSR count). The van der Waals surface area contributed by atoms with Crippen molar-refractivity contribution in [2.75, 3.05) is 18.3 Å². The Labute approximate surface area is 202 Å². The first-order valence-corrected chi connectivity index (χ1v) is 12.3. The molecule has 7 nitrogen and oxygen atoms in total. The van der Waals surface area contributed by atoms with E-state index in [4.69, 9.17) is 21.4 Å². The number of nitrogens with zero attached hydrogens (tertiary/aromatic N) is 3. The van der Waals surface area contributed by atoms with Crippen LogP contribution in [-0.2, 0) is 5.75 Å². The number of aliphatic imine (C=N–C) groups is 1. The van der Waals surface area contributed by atoms with Crippen molar-refractivity contribution in [3.05, 3.63) is 83.9 Å². The number of urea groups is 1. The number of aryl methyl sites for hydroxylation is 1. The van der Waals surface area contributed by atoms with Gasteiger partial charge in [-0.05, 0) is 66.8 Å². The molecule has 0 unspecified atom stereocenters. The molecule has 0 saturated carbocycles. The van der Waals surface area contributed by atoms with Crippen LogP contribution in [0.15, 0.2) is 77.8 Å². The summed E-state index contributed by atoms with van der Waals surface area (Å²) in [5.41, 5.74) is 3.43. The molecule has 3 aromatic carbocycles. The number of amides is 2. The fourth-order valence-corrected chi connectivity index (χ4v) is 4.62. The topological polar surface area (TPSA) is 97.2 Å². The van der Waals surface area contributed by atoms with E-state index in [9.17, 15) is 4.79 Å². The Balaban J connectivity index is 1.72. The smallest absolute Gasteiger partial charge is 0.352 e. The van der Waals surface area contributed by atoms with E-state index in [0.29, 0.717) is 11.4 Å². The standard InChI is InChI=1S/C24H27N5O2S2/c1-17-8-7-11-22(29(26)24(30)28(2)25)21(17)16-33-23(32-3)27-18-12-14-20(15-13-18)31-19-9-5-4-6-10-19/h4-15H,16,25-26H2,1-3H3. The number of anilines is 1. The second-order valence-corrected chi connectivity index (χ2v) is 9.13. The normalized spacial score (nSPS) is 11.2. The van der Waals surface area contributed by atoms with E-state index in [1.54, 1.807) is 23.5 Å². The molecule has 0 aliphatic heterocycles. The lowest BCUT2D eigenvalue weighted by molar-refractivity contribution is 0.216. The van der Waals surface area contributed by atoms with Crippen molar-refractivity contribution >= 4 is 45.3 Å². The van der Waals surface area contributed by atoms with E-state index >= 15 is 0 Å². The maximum atomic E-state index is 12.2. The van der Waals surface area contributed by atoms with E-state index in [2.05, 4.69) is 0 Å². The zero-order valence-electron chi connectivity index (χ0n) is 18.8. The van der Waals surface area contributed by atoms with Crippen molar-refractivity contribution in [3.8, 4) is 11.5 Å². The number of ether oxygens (including phenoxy) is 1. The summed E-state index contributed by atoms with van der Waals surface area (Å²) in [4.78, 5) is 17.0. The van der Waals surface area contributed by atoms with Crippen molar-refractivity contribution < 1.29 is 9.53 Å². The van der Waals surface area contributed by atoms with Gasteiger partial charge in [-0.2, -0.15) is 0 Å². The lowest BCUT2D eigenvalue weighted by atomic mass is 10.1. The van der Waals surface area contributed by atoms with Gasteiger partial charge in [0, 0.05) is 12.8 Å². The van der Waals surface area contributed by atoms with E-state index in [-0.39, 0.29) is 0 Å². The number of carbonyl (C=O) groups is 1. The number of carbonyl (C=O) groups excluding carboxylic acids is 1. The Kier molecular flexibility index (Phi) is 8.79. The molecule has 4 N–H and O–H groups in total. The second kappa shape index (κ2) is 11.8. The first kappa shape index (κ1) is 24.7. The highest BCUT2D eigenvalue weighted by molar-refractivity contribution is 8.38. The first-order valence-electron chi connectivity index (χ1n) is 10.1. The molecule has 0 radical (unpaired) electrons. The van der Waals surface area contributed by atoms with Crippen LogP contribution < -0.4 is 21.4 Å². The number of benzene rings is 3. The monoisotopic (exact) mass is 481 g/mol. The van der Waals surface area contributed by atoms with Crippen LogP contribution in [0.5, 0.6) is 11.5 Å². The largest absolute Gasteiger partial charge is 0.457 e. The minimum atomic E-state index is -0.497. The number of hydrogen-bond donors (Lipinski definition) is 2. The molecule has 0 spiro atoms. The number of rotatable bonds is 6. The van der Waals surface area contributed by atoms with Crippen LogP contribution in [0.1, 0.15) is 11.1 Å². The Morgan fingerprint density at radius 2 is 1.64 bits per heavy atom. The second-order valence-electron chi connectivity index (χ2n) is 7.12. The van der Waals surface area contributed by atoms with Gasteiger partial charge in [0.15, 0.2) is 0 Å². The molecule has 0 aliphatic carbocycles. The Morgan fingerprint density at radius 1 is 0.970 bits per heavy atom. The van der Waals surface area contributed by atoms with Gasteiger partial charge in [-0.3, -0.25) is 5.01 Å². The van der Waals surface area contributed by atoms with Gasteiger partial charge < -0.3 is 4.74 Å². The van der Waals surface area contributed by atoms with Gasteiger partial charge in [0.05, 0.1) is 11.4 Å². The summed E-state index contributed by atoms with van der Waals surface area (Å²) in [5.74, 6) is 13.8. The number of hydrazine groups is 2. The fraction of sp³-hybridized carbons (Fsp3) is 0.167. The van der Waals surface area contributed by atoms with Crippen LogP contribution in [0.25, 0.3) is 0 Å². The van der Waals surface area contributed by atoms with Crippen LogP contribution in [0.3, 0.4) is 0 Å². The van der Waals surface area contributed by atoms with Gasteiger partial charge in [-0.1, -0.05) is 42.1 Å². The summed E-state index contributed by atoms with van der Waals surface area (Å²) in [6.45, 7) is 1.99. The quantitative estimate of drug-likeness (QED) is 0.155. The molecule has 0 atom stereocenters. The molecule has 0 aliphatic rings. The molecule has 2 amide bonds. The van der Waals surface area contributed by atoms with E-state index in [1.165, 1.54) is 7.05 Å². The molecule has 172 valence electrons. The average Bonchev–Trinajstić information content (AvgIpc) is 2.83. The predicted octanol–water partition coefficient (Wildman–Crippen LogP) is 5.68. The molecule has 0 heterocycles. The Bertz CT molecular complexity index is 1110. The zero-order valence-corrected chi connectivity index (χ0v) is 20.4. The molecular weight excluding hydrogens is 454 g/mol. The van der Waals surface area contributed by atoms with Crippen molar-refractivity contribution in [2.24, 2.45) is 16.7 Å². The van der Waals surface area contributed by atoms with Crippen molar-refractivity contribution in [1.29, 1.82) is 0 Å². The molecule has 0 saturated heterocycles. The van der Waals surface area contributed by atoms with Gasteiger partial charge in [0.2, 0.25) is 0 Å². The summed E-state index contributed by atoms with van der Waals surface area (Å²) in [5, 5.41) is 2.03. The first-order chi connectivity index (χ1) is 15.9. The number of hydrogen-bond acceptors (Lipinski definition) is 7. The SMILES string of the molecule is CSC(=Nc1ccc(Oc2ccccc2)cc1)SCc1c(C)cccc1N(N)C(=O)N(C)N. The average molecular weight is 482 g/mol. The molecule has 0 bridgehead atoms. The highest BCUT2D eigenvalue weighted by Gasteiger charge is 2.19. The van der Waals surface area contributed by atoms with Crippen LogP contribution in [-0.4, -0.2) is 28.7 Å². The summed E-state index contributed by atoms with van der Waals surface area (Å²) < 4.78 is 6.73. The third kappa shape index (κ3) is 6.75. The van der Waals surface area contributed by atoms with Crippen molar-refractivity contribution in [1.82, 2.24) is 5.01 Å². The molecule has 33 heavy (non-hydrogen) atoms. The fourth-order valence-electron chi connectivity index (χ4n) is 2.96. The van der Waals surface area contributed by atoms with Crippen LogP contribution in [0, 0.1) is 6.92 Å². The van der Waals surface area contributed by atoms with Gasteiger partial charge >= 0.3 is 6.03 Å². The van der Waals surface area contributed by atoms with Crippen molar-refractivity contribution in [2.45, 2.75) is 12.7 Å². The molecule has 0 fully saturated rings. The lowest BCUT2D eigenvalue weighted by Crippen LogP contribution is -2.49. The van der Waals surface area contributed by atoms with E-state index < -0.39 is 6.03 Å². The summed E-state index contributed by atoms with van der Waals surface area (Å²) in [7, 11) is 1.46. The summed E-state index contributed by atoms with van der Waals surface area (Å²) in [6.07, 6.45) is 1.99. The zero-order chi connectivity index (χ0) is 23.8. The lowest BCUT2D eigenvalue weighted by Gasteiger charge is -2.24. The Hall–Kier alpha value is -2.98. The minimum Gasteiger partial charge on any atom is -0.457 e. The van der Waals surface area contributed by atoms with Gasteiger partial charge in [0.25, 0.3) is 0 Å². The third-order valence-corrected chi connectivity index (χ3v) is 6.77. The highest BCUT2D eigenvalue weighted by atomic mass is 32.2. The Morgan fingerprint density at radius 3 is 2.27 bits per heavy atom. The molecule has 9 heteroatoms. The highest BCUT2D eigenvalue weighted by Crippen LogP contribution is 2.31. The van der Waals surface area contributed by atoms with E-state index in [1.807, 2.05) is 86.0 Å². The number of nitrogens with two attached hydrogens (primary N) is 2.